The van der Waals surface area contributed by atoms with Gasteiger partial charge in [-0.15, -0.1) is 0 Å². The molecule has 0 saturated carbocycles. The predicted molar refractivity (Wildman–Crippen MR) is 98.4 cm³/mol. The molecule has 0 spiro atoms. The molecule has 0 aliphatic heterocycles. The monoisotopic (exact) mass is 356 g/mol. The summed E-state index contributed by atoms with van der Waals surface area (Å²) in [7, 11) is 1.62. The van der Waals surface area contributed by atoms with E-state index in [0.717, 1.165) is 27.2 Å². The Morgan fingerprint density at radius 1 is 1.20 bits per heavy atom. The number of aliphatic carboxylic acids is 1. The highest BCUT2D eigenvalue weighted by Crippen LogP contribution is 2.43. The molecule has 0 saturated heterocycles. The van der Waals surface area contributed by atoms with Gasteiger partial charge in [0.2, 0.25) is 0 Å². The summed E-state index contributed by atoms with van der Waals surface area (Å²) in [5.74, 6) is -1.29. The largest absolute Gasteiger partial charge is 0.481 e. The molecule has 3 nitrogen and oxygen atoms in total. The summed E-state index contributed by atoms with van der Waals surface area (Å²) in [6.45, 7) is 1.89. The molecule has 0 unspecified atom stereocenters. The highest BCUT2D eigenvalue weighted by molar-refractivity contribution is 7.94. The summed E-state index contributed by atoms with van der Waals surface area (Å²) in [4.78, 5) is 12.2. The van der Waals surface area contributed by atoms with Gasteiger partial charge in [0.15, 0.2) is 0 Å². The second kappa shape index (κ2) is 7.25. The number of carboxylic acid groups (broad SMARTS) is 1. The van der Waals surface area contributed by atoms with E-state index in [1.54, 1.807) is 13.2 Å². The predicted octanol–water partition coefficient (Wildman–Crippen LogP) is 5.28. The highest BCUT2D eigenvalue weighted by atomic mass is 32.2. The molecule has 0 heterocycles. The maximum atomic E-state index is 13.7. The molecule has 0 fully saturated rings. The molecule has 1 aliphatic rings. The van der Waals surface area contributed by atoms with E-state index < -0.39 is 5.97 Å². The van der Waals surface area contributed by atoms with Crippen molar-refractivity contribution in [1.82, 2.24) is 0 Å². The molecule has 2 aromatic rings. The van der Waals surface area contributed by atoms with Gasteiger partial charge in [-0.05, 0) is 70.7 Å². The maximum absolute atomic E-state index is 13.7. The molecular formula is C20H17FO3S. The van der Waals surface area contributed by atoms with Crippen LogP contribution in [-0.4, -0.2) is 18.2 Å². The number of carbonyl (C=O) groups is 1. The third-order valence-corrected chi connectivity index (χ3v) is 4.78. The topological polar surface area (TPSA) is 46.5 Å². The van der Waals surface area contributed by atoms with Crippen LogP contribution in [0.2, 0.25) is 0 Å². The van der Waals surface area contributed by atoms with Gasteiger partial charge in [0, 0.05) is 16.9 Å². The number of hydrogen-bond acceptors (Lipinski definition) is 3. The van der Waals surface area contributed by atoms with Crippen LogP contribution in [0.25, 0.3) is 17.2 Å². The van der Waals surface area contributed by atoms with Gasteiger partial charge >= 0.3 is 5.97 Å². The number of carboxylic acids is 1. The van der Waals surface area contributed by atoms with Gasteiger partial charge in [0.05, 0.1) is 13.5 Å². The fourth-order valence-electron chi connectivity index (χ4n) is 3.02. The molecule has 0 radical (unpaired) electrons. The molecular weight excluding hydrogens is 339 g/mol. The molecule has 0 amide bonds. The summed E-state index contributed by atoms with van der Waals surface area (Å²) in [5, 5.41) is 9.18. The van der Waals surface area contributed by atoms with Gasteiger partial charge in [-0.3, -0.25) is 4.79 Å². The first-order valence-electron chi connectivity index (χ1n) is 7.74. The fourth-order valence-corrected chi connectivity index (χ4v) is 3.45. The molecule has 25 heavy (non-hydrogen) atoms. The van der Waals surface area contributed by atoms with E-state index >= 15 is 0 Å². The summed E-state index contributed by atoms with van der Waals surface area (Å²) in [6.07, 6.45) is 1.88. The van der Waals surface area contributed by atoms with Crippen LogP contribution in [0, 0.1) is 5.82 Å². The van der Waals surface area contributed by atoms with Crippen LogP contribution in [0.3, 0.4) is 0 Å². The number of benzene rings is 2. The third kappa shape index (κ3) is 3.67. The van der Waals surface area contributed by atoms with Crippen molar-refractivity contribution in [2.24, 2.45) is 0 Å². The Kier molecular flexibility index (Phi) is 5.06. The lowest BCUT2D eigenvalue weighted by Gasteiger charge is -2.05. The lowest BCUT2D eigenvalue weighted by molar-refractivity contribution is -0.135. The van der Waals surface area contributed by atoms with Crippen molar-refractivity contribution < 1.29 is 18.5 Å². The minimum absolute atomic E-state index is 0.122. The van der Waals surface area contributed by atoms with E-state index in [1.165, 1.54) is 24.2 Å². The van der Waals surface area contributed by atoms with E-state index in [0.29, 0.717) is 11.1 Å². The SMILES string of the molecule is COSc1ccc(/C=C2\C(C)=C(CC(=O)O)c3cc(F)ccc32)cc1. The Labute approximate surface area is 150 Å². The summed E-state index contributed by atoms with van der Waals surface area (Å²) in [6, 6.07) is 12.4. The molecule has 128 valence electrons. The number of hydrogen-bond donors (Lipinski definition) is 1. The normalized spacial score (nSPS) is 14.9. The zero-order valence-electron chi connectivity index (χ0n) is 13.9. The zero-order valence-corrected chi connectivity index (χ0v) is 14.7. The van der Waals surface area contributed by atoms with Crippen LogP contribution >= 0.6 is 12.0 Å². The van der Waals surface area contributed by atoms with Crippen LogP contribution in [0.5, 0.6) is 0 Å². The summed E-state index contributed by atoms with van der Waals surface area (Å²) < 4.78 is 18.7. The van der Waals surface area contributed by atoms with Crippen molar-refractivity contribution >= 4 is 35.2 Å². The van der Waals surface area contributed by atoms with Gasteiger partial charge in [0.1, 0.15) is 5.82 Å². The van der Waals surface area contributed by atoms with E-state index in [2.05, 4.69) is 0 Å². The quantitative estimate of drug-likeness (QED) is 0.740. The van der Waals surface area contributed by atoms with E-state index in [-0.39, 0.29) is 12.2 Å². The molecule has 5 heteroatoms. The lowest BCUT2D eigenvalue weighted by Crippen LogP contribution is -1.97. The molecule has 0 atom stereocenters. The van der Waals surface area contributed by atoms with Crippen LogP contribution in [0.4, 0.5) is 4.39 Å². The van der Waals surface area contributed by atoms with Crippen LogP contribution in [0.1, 0.15) is 30.0 Å². The minimum Gasteiger partial charge on any atom is -0.481 e. The van der Waals surface area contributed by atoms with Crippen LogP contribution in [-0.2, 0) is 8.98 Å². The standard InChI is InChI=1S/C20H17FO3S/c1-12-17(9-13-3-6-15(7-4-13)25-24-2)16-8-5-14(21)10-19(16)18(12)11-20(22)23/h3-10H,11H2,1-2H3,(H,22,23)/b17-9+. The lowest BCUT2D eigenvalue weighted by atomic mass is 10.0. The van der Waals surface area contributed by atoms with Crippen molar-refractivity contribution in [3.05, 3.63) is 70.5 Å². The van der Waals surface area contributed by atoms with Gasteiger partial charge in [-0.25, -0.2) is 4.39 Å². The van der Waals surface area contributed by atoms with Crippen molar-refractivity contribution in [2.45, 2.75) is 18.2 Å². The highest BCUT2D eigenvalue weighted by Gasteiger charge is 2.25. The Morgan fingerprint density at radius 3 is 2.56 bits per heavy atom. The first-order valence-corrected chi connectivity index (χ1v) is 8.48. The number of rotatable bonds is 5. The zero-order chi connectivity index (χ0) is 18.0. The number of fused-ring (bicyclic) bond motifs is 1. The first-order chi connectivity index (χ1) is 12.0. The van der Waals surface area contributed by atoms with E-state index in [1.807, 2.05) is 37.3 Å². The van der Waals surface area contributed by atoms with Crippen LogP contribution in [0.15, 0.2) is 52.9 Å². The third-order valence-electron chi connectivity index (χ3n) is 4.15. The van der Waals surface area contributed by atoms with Gasteiger partial charge in [0.25, 0.3) is 0 Å². The van der Waals surface area contributed by atoms with Crippen molar-refractivity contribution in [3.63, 3.8) is 0 Å². The van der Waals surface area contributed by atoms with Crippen molar-refractivity contribution in [3.8, 4) is 0 Å². The molecule has 0 bridgehead atoms. The van der Waals surface area contributed by atoms with Gasteiger partial charge in [-0.1, -0.05) is 18.2 Å². The van der Waals surface area contributed by atoms with E-state index in [9.17, 15) is 14.3 Å². The summed E-state index contributed by atoms with van der Waals surface area (Å²) in [5.41, 5.74) is 4.99. The van der Waals surface area contributed by atoms with Gasteiger partial charge < -0.3 is 9.29 Å². The molecule has 1 aliphatic carbocycles. The van der Waals surface area contributed by atoms with E-state index in [4.69, 9.17) is 4.18 Å². The first kappa shape index (κ1) is 17.5. The average Bonchev–Trinajstić information content (AvgIpc) is 2.81. The summed E-state index contributed by atoms with van der Waals surface area (Å²) >= 11 is 1.29. The Bertz CT molecular complexity index is 882. The van der Waals surface area contributed by atoms with Crippen molar-refractivity contribution in [1.29, 1.82) is 0 Å². The number of allylic oxidation sites excluding steroid dienone is 2. The average molecular weight is 356 g/mol. The minimum atomic E-state index is -0.924. The molecule has 3 rings (SSSR count). The Balaban J connectivity index is 2.06. The Hall–Kier alpha value is -2.37. The molecule has 2 aromatic carbocycles. The van der Waals surface area contributed by atoms with Gasteiger partial charge in [-0.2, -0.15) is 0 Å². The maximum Gasteiger partial charge on any atom is 0.307 e. The molecule has 1 N–H and O–H groups in total. The smallest absolute Gasteiger partial charge is 0.307 e. The Morgan fingerprint density at radius 2 is 1.92 bits per heavy atom. The second-order valence-corrected chi connectivity index (χ2v) is 6.71. The van der Waals surface area contributed by atoms with Crippen LogP contribution < -0.4 is 0 Å². The number of halogens is 1. The molecule has 0 aromatic heterocycles. The second-order valence-electron chi connectivity index (χ2n) is 5.74. The fraction of sp³-hybridized carbons (Fsp3) is 0.150. The van der Waals surface area contributed by atoms with Crippen molar-refractivity contribution in [2.75, 3.05) is 7.11 Å².